The highest BCUT2D eigenvalue weighted by Gasteiger charge is 2.41. The first kappa shape index (κ1) is 18.2. The molecule has 138 valence electrons. The molecule has 2 atom stereocenters. The fourth-order valence-electron chi connectivity index (χ4n) is 4.03. The maximum Gasteiger partial charge on any atom is 0.269 e. The van der Waals surface area contributed by atoms with Gasteiger partial charge < -0.3 is 10.1 Å². The van der Waals surface area contributed by atoms with Gasteiger partial charge in [-0.2, -0.15) is 0 Å². The van der Waals surface area contributed by atoms with E-state index in [1.807, 2.05) is 6.07 Å². The quantitative estimate of drug-likeness (QED) is 0.861. The van der Waals surface area contributed by atoms with Crippen molar-refractivity contribution in [3.05, 3.63) is 24.0 Å². The van der Waals surface area contributed by atoms with Crippen LogP contribution in [0.4, 0.5) is 0 Å². The highest BCUT2D eigenvalue weighted by atomic mass is 16.5. The molecule has 0 aromatic carbocycles. The second kappa shape index (κ2) is 7.32. The summed E-state index contributed by atoms with van der Waals surface area (Å²) in [5.41, 5.74) is 0.883. The first-order valence-electron chi connectivity index (χ1n) is 9.51. The zero-order valence-electron chi connectivity index (χ0n) is 15.9. The summed E-state index contributed by atoms with van der Waals surface area (Å²) in [7, 11) is 1.60. The van der Waals surface area contributed by atoms with Crippen molar-refractivity contribution in [1.82, 2.24) is 15.2 Å². The van der Waals surface area contributed by atoms with Crippen molar-refractivity contribution >= 4 is 5.91 Å². The maximum atomic E-state index is 11.5. The van der Waals surface area contributed by atoms with Crippen LogP contribution in [0, 0.1) is 11.3 Å². The van der Waals surface area contributed by atoms with E-state index in [0.717, 1.165) is 30.8 Å². The Balaban J connectivity index is 1.45. The lowest BCUT2D eigenvalue weighted by Gasteiger charge is -2.43. The fourth-order valence-corrected chi connectivity index (χ4v) is 4.03. The molecule has 25 heavy (non-hydrogen) atoms. The Morgan fingerprint density at radius 1 is 1.36 bits per heavy atom. The van der Waals surface area contributed by atoms with Crippen molar-refractivity contribution in [3.63, 3.8) is 0 Å². The zero-order chi connectivity index (χ0) is 18.0. The normalized spacial score (nSPS) is 24.8. The third-order valence-corrected chi connectivity index (χ3v) is 6.31. The Hall–Kier alpha value is -1.62. The Bertz CT molecular complexity index is 593. The molecule has 2 aliphatic rings. The standard InChI is InChI=1S/C20H31N3O2/c1-5-20(2,3)14-6-7-15(10-14)23-12-17(13-23)25-16-8-9-18(22-11-16)19(24)21-4/h8-9,11,14-15,17H,5-7,10,12-13H2,1-4H3,(H,21,24)/t14?,15-/m0/s1. The van der Waals surface area contributed by atoms with Crippen LogP contribution in [0.15, 0.2) is 18.3 Å². The van der Waals surface area contributed by atoms with Crippen LogP contribution in [0.2, 0.25) is 0 Å². The smallest absolute Gasteiger partial charge is 0.269 e. The third-order valence-electron chi connectivity index (χ3n) is 6.31. The third kappa shape index (κ3) is 3.97. The second-order valence-electron chi connectivity index (χ2n) is 8.16. The van der Waals surface area contributed by atoms with E-state index in [-0.39, 0.29) is 12.0 Å². The van der Waals surface area contributed by atoms with Crippen molar-refractivity contribution in [2.75, 3.05) is 20.1 Å². The van der Waals surface area contributed by atoms with E-state index in [1.165, 1.54) is 25.7 Å². The Morgan fingerprint density at radius 2 is 2.12 bits per heavy atom. The topological polar surface area (TPSA) is 54.5 Å². The van der Waals surface area contributed by atoms with Crippen LogP contribution in [0.5, 0.6) is 5.75 Å². The van der Waals surface area contributed by atoms with Crippen LogP contribution in [0.1, 0.15) is 56.9 Å². The molecule has 5 heteroatoms. The van der Waals surface area contributed by atoms with Gasteiger partial charge in [0.1, 0.15) is 17.5 Å². The Morgan fingerprint density at radius 3 is 2.72 bits per heavy atom. The van der Waals surface area contributed by atoms with Crippen molar-refractivity contribution in [3.8, 4) is 5.75 Å². The summed E-state index contributed by atoms with van der Waals surface area (Å²) in [4.78, 5) is 18.2. The number of amides is 1. The summed E-state index contributed by atoms with van der Waals surface area (Å²) in [6.45, 7) is 9.14. The van der Waals surface area contributed by atoms with Gasteiger partial charge in [0, 0.05) is 26.2 Å². The zero-order valence-corrected chi connectivity index (χ0v) is 15.9. The average Bonchev–Trinajstić information content (AvgIpc) is 3.08. The van der Waals surface area contributed by atoms with Gasteiger partial charge >= 0.3 is 0 Å². The lowest BCUT2D eigenvalue weighted by Crippen LogP contribution is -2.57. The van der Waals surface area contributed by atoms with Crippen molar-refractivity contribution in [1.29, 1.82) is 0 Å². The van der Waals surface area contributed by atoms with Gasteiger partial charge in [0.2, 0.25) is 0 Å². The van der Waals surface area contributed by atoms with Gasteiger partial charge in [0.15, 0.2) is 0 Å². The van der Waals surface area contributed by atoms with Crippen molar-refractivity contribution in [2.24, 2.45) is 11.3 Å². The van der Waals surface area contributed by atoms with Crippen LogP contribution in [-0.2, 0) is 0 Å². The van der Waals surface area contributed by atoms with Crippen LogP contribution in [-0.4, -0.2) is 48.1 Å². The minimum atomic E-state index is -0.174. The van der Waals surface area contributed by atoms with E-state index in [9.17, 15) is 4.79 Å². The van der Waals surface area contributed by atoms with E-state index in [4.69, 9.17) is 4.74 Å². The number of aromatic nitrogens is 1. The monoisotopic (exact) mass is 345 g/mol. The van der Waals surface area contributed by atoms with E-state index in [0.29, 0.717) is 11.1 Å². The number of carbonyl (C=O) groups excluding carboxylic acids is 1. The average molecular weight is 345 g/mol. The molecular formula is C20H31N3O2. The molecule has 3 rings (SSSR count). The summed E-state index contributed by atoms with van der Waals surface area (Å²) >= 11 is 0. The first-order chi connectivity index (χ1) is 11.9. The number of nitrogens with one attached hydrogen (secondary N) is 1. The van der Waals surface area contributed by atoms with E-state index >= 15 is 0 Å². The molecule has 1 unspecified atom stereocenters. The van der Waals surface area contributed by atoms with Crippen molar-refractivity contribution in [2.45, 2.75) is 58.6 Å². The first-order valence-corrected chi connectivity index (χ1v) is 9.51. The second-order valence-corrected chi connectivity index (χ2v) is 8.16. The minimum absolute atomic E-state index is 0.174. The summed E-state index contributed by atoms with van der Waals surface area (Å²) < 4.78 is 5.99. The number of pyridine rings is 1. The van der Waals surface area contributed by atoms with Gasteiger partial charge in [-0.15, -0.1) is 0 Å². The molecular weight excluding hydrogens is 314 g/mol. The summed E-state index contributed by atoms with van der Waals surface area (Å²) in [6, 6.07) is 4.26. The number of rotatable bonds is 6. The molecule has 2 fully saturated rings. The number of nitrogens with zero attached hydrogens (tertiary/aromatic N) is 2. The number of ether oxygens (including phenoxy) is 1. The number of carbonyl (C=O) groups is 1. The molecule has 1 aromatic heterocycles. The van der Waals surface area contributed by atoms with Gasteiger partial charge in [0.05, 0.1) is 6.20 Å². The largest absolute Gasteiger partial charge is 0.486 e. The Labute approximate surface area is 151 Å². The predicted molar refractivity (Wildman–Crippen MR) is 98.8 cm³/mol. The summed E-state index contributed by atoms with van der Waals surface area (Å²) in [6.07, 6.45) is 7.15. The van der Waals surface area contributed by atoms with E-state index in [2.05, 4.69) is 36.0 Å². The highest BCUT2D eigenvalue weighted by molar-refractivity contribution is 5.91. The maximum absolute atomic E-state index is 11.5. The summed E-state index contributed by atoms with van der Waals surface area (Å²) in [5, 5.41) is 2.57. The van der Waals surface area contributed by atoms with Gasteiger partial charge in [0.25, 0.3) is 5.91 Å². The summed E-state index contributed by atoms with van der Waals surface area (Å²) in [5.74, 6) is 1.42. The molecule has 5 nitrogen and oxygen atoms in total. The highest BCUT2D eigenvalue weighted by Crippen LogP contribution is 2.44. The number of likely N-dealkylation sites (tertiary alicyclic amines) is 1. The van der Waals surface area contributed by atoms with Gasteiger partial charge in [-0.3, -0.25) is 9.69 Å². The molecule has 1 amide bonds. The minimum Gasteiger partial charge on any atom is -0.486 e. The lowest BCUT2D eigenvalue weighted by atomic mass is 9.75. The molecule has 1 aliphatic carbocycles. The molecule has 1 saturated carbocycles. The Kier molecular flexibility index (Phi) is 5.32. The van der Waals surface area contributed by atoms with Gasteiger partial charge in [-0.25, -0.2) is 4.98 Å². The predicted octanol–water partition coefficient (Wildman–Crippen LogP) is 3.11. The van der Waals surface area contributed by atoms with Gasteiger partial charge in [-0.1, -0.05) is 27.2 Å². The van der Waals surface area contributed by atoms with Crippen LogP contribution < -0.4 is 10.1 Å². The SMILES string of the molecule is CCC(C)(C)C1CC[C@H](N2CC(Oc3ccc(C(=O)NC)nc3)C2)C1. The molecule has 1 saturated heterocycles. The number of hydrogen-bond donors (Lipinski definition) is 1. The van der Waals surface area contributed by atoms with E-state index in [1.54, 1.807) is 19.3 Å². The molecule has 1 aliphatic heterocycles. The molecule has 0 spiro atoms. The van der Waals surface area contributed by atoms with Crippen LogP contribution in [0.25, 0.3) is 0 Å². The molecule has 1 aromatic rings. The molecule has 2 heterocycles. The van der Waals surface area contributed by atoms with Crippen LogP contribution in [0.3, 0.4) is 0 Å². The molecule has 0 radical (unpaired) electrons. The van der Waals surface area contributed by atoms with E-state index < -0.39 is 0 Å². The molecule has 0 bridgehead atoms. The van der Waals surface area contributed by atoms with Crippen molar-refractivity contribution < 1.29 is 9.53 Å². The molecule has 1 N–H and O–H groups in total. The fraction of sp³-hybridized carbons (Fsp3) is 0.700. The lowest BCUT2D eigenvalue weighted by molar-refractivity contribution is -0.0102. The number of hydrogen-bond acceptors (Lipinski definition) is 4. The van der Waals surface area contributed by atoms with Crippen LogP contribution >= 0.6 is 0 Å². The van der Waals surface area contributed by atoms with Gasteiger partial charge in [-0.05, 0) is 42.7 Å².